The zero-order valence-corrected chi connectivity index (χ0v) is 11.7. The topological polar surface area (TPSA) is 58.2 Å². The lowest BCUT2D eigenvalue weighted by Crippen LogP contribution is -2.41. The van der Waals surface area contributed by atoms with Gasteiger partial charge in [0.1, 0.15) is 17.2 Å². The molecule has 0 saturated heterocycles. The Morgan fingerprint density at radius 1 is 1.10 bits per heavy atom. The zero-order chi connectivity index (χ0) is 14.9. The molecule has 0 radical (unpaired) electrons. The minimum absolute atomic E-state index is 0.272. The molecule has 0 unspecified atom stereocenters. The zero-order valence-electron chi connectivity index (χ0n) is 11.7. The van der Waals surface area contributed by atoms with Gasteiger partial charge < -0.3 is 10.6 Å². The van der Waals surface area contributed by atoms with Gasteiger partial charge in [0, 0.05) is 12.1 Å². The first kappa shape index (κ1) is 14.2. The summed E-state index contributed by atoms with van der Waals surface area (Å²) in [4.78, 5) is 23.1. The molecule has 0 aliphatic rings. The first-order valence-corrected chi connectivity index (χ1v) is 6.38. The van der Waals surface area contributed by atoms with Crippen LogP contribution in [0.4, 0.5) is 15.8 Å². The van der Waals surface area contributed by atoms with E-state index in [-0.39, 0.29) is 17.0 Å². The van der Waals surface area contributed by atoms with Crippen molar-refractivity contribution < 1.29 is 4.39 Å². The van der Waals surface area contributed by atoms with Crippen molar-refractivity contribution in [1.82, 2.24) is 0 Å². The Kier molecular flexibility index (Phi) is 3.61. The fourth-order valence-corrected chi connectivity index (χ4v) is 1.89. The minimum Gasteiger partial charge on any atom is -0.376 e. The summed E-state index contributed by atoms with van der Waals surface area (Å²) in [5.74, 6) is -0.331. The molecule has 0 aromatic heterocycles. The summed E-state index contributed by atoms with van der Waals surface area (Å²) in [6.45, 7) is 6.00. The second-order valence-electron chi connectivity index (χ2n) is 5.77. The van der Waals surface area contributed by atoms with Crippen LogP contribution in [0.1, 0.15) is 26.3 Å². The molecule has 4 nitrogen and oxygen atoms in total. The monoisotopic (exact) mass is 276 g/mol. The molecule has 0 saturated carbocycles. The molecule has 0 spiro atoms. The number of benzene rings is 1. The van der Waals surface area contributed by atoms with Gasteiger partial charge in [0.2, 0.25) is 0 Å². The van der Waals surface area contributed by atoms with Crippen LogP contribution < -0.4 is 21.5 Å². The molecule has 2 aromatic carbocycles. The van der Waals surface area contributed by atoms with E-state index in [4.69, 9.17) is 0 Å². The van der Waals surface area contributed by atoms with E-state index in [2.05, 4.69) is 10.6 Å². The van der Waals surface area contributed by atoms with E-state index in [1.54, 1.807) is 12.1 Å². The van der Waals surface area contributed by atoms with Crippen LogP contribution in [0.25, 0.3) is 0 Å². The minimum atomic E-state index is -0.534. The summed E-state index contributed by atoms with van der Waals surface area (Å²) in [5, 5.41) is 5.90. The third kappa shape index (κ3) is 3.04. The number of rotatable bonds is 4. The maximum atomic E-state index is 13.1. The summed E-state index contributed by atoms with van der Waals surface area (Å²) in [5.41, 5.74) is -0.0695. The predicted molar refractivity (Wildman–Crippen MR) is 78.5 cm³/mol. The molecule has 2 N–H and O–H groups in total. The normalized spacial score (nSPS) is 11.6. The van der Waals surface area contributed by atoms with Gasteiger partial charge in [-0.05, 0) is 38.5 Å². The van der Waals surface area contributed by atoms with Crippen LogP contribution in [0.3, 0.4) is 0 Å². The fraction of sp³-hybridized carbons (Fsp3) is 0.333. The van der Waals surface area contributed by atoms with Crippen molar-refractivity contribution in [2.75, 3.05) is 10.6 Å². The van der Waals surface area contributed by atoms with Crippen LogP contribution in [-0.4, -0.2) is 5.54 Å². The standard InChI is InChI=1S/C15H17FN2O2/c1-15(2,3)18-12-11(13(19)14(12)20)17-8-9-5-4-6-10(16)7-9/h4-7,17-18H,8H2,1-3H3. The fourth-order valence-electron chi connectivity index (χ4n) is 1.89. The molecule has 0 fully saturated rings. The lowest BCUT2D eigenvalue weighted by Gasteiger charge is -2.24. The van der Waals surface area contributed by atoms with Crippen LogP contribution in [-0.2, 0) is 6.54 Å². The SMILES string of the molecule is CC(C)(C)Nc1c(NCc2cccc(F)c2)c(=O)c1=O. The molecular weight excluding hydrogens is 259 g/mol. The van der Waals surface area contributed by atoms with Gasteiger partial charge in [0.15, 0.2) is 0 Å². The third-order valence-electron chi connectivity index (χ3n) is 2.77. The van der Waals surface area contributed by atoms with Crippen LogP contribution >= 0.6 is 0 Å². The van der Waals surface area contributed by atoms with E-state index in [9.17, 15) is 14.0 Å². The maximum absolute atomic E-state index is 13.1. The van der Waals surface area contributed by atoms with Crippen LogP contribution in [0.5, 0.6) is 0 Å². The molecule has 2 aromatic rings. The van der Waals surface area contributed by atoms with Crippen molar-refractivity contribution in [3.63, 3.8) is 0 Å². The summed E-state index contributed by atoms with van der Waals surface area (Å²) in [7, 11) is 0. The first-order valence-electron chi connectivity index (χ1n) is 6.38. The predicted octanol–water partition coefficient (Wildman–Crippen LogP) is 2.24. The van der Waals surface area contributed by atoms with Crippen molar-refractivity contribution >= 4 is 11.4 Å². The number of hydrogen-bond acceptors (Lipinski definition) is 4. The molecule has 0 amide bonds. The summed E-state index contributed by atoms with van der Waals surface area (Å²) in [6.07, 6.45) is 0. The highest BCUT2D eigenvalue weighted by Crippen LogP contribution is 2.20. The van der Waals surface area contributed by atoms with Gasteiger partial charge in [-0.2, -0.15) is 0 Å². The second kappa shape index (κ2) is 5.07. The van der Waals surface area contributed by atoms with Gasteiger partial charge in [-0.25, -0.2) is 4.39 Å². The summed E-state index contributed by atoms with van der Waals surface area (Å²) in [6, 6.07) is 6.09. The smallest absolute Gasteiger partial charge is 0.253 e. The number of halogens is 1. The Balaban J connectivity index is 2.13. The number of nitrogens with one attached hydrogen (secondary N) is 2. The largest absolute Gasteiger partial charge is 0.376 e. The highest BCUT2D eigenvalue weighted by molar-refractivity contribution is 5.74. The number of anilines is 2. The van der Waals surface area contributed by atoms with Crippen molar-refractivity contribution in [1.29, 1.82) is 0 Å². The van der Waals surface area contributed by atoms with E-state index < -0.39 is 10.9 Å². The molecule has 0 heterocycles. The molecule has 5 heteroatoms. The molecule has 0 aliphatic carbocycles. The van der Waals surface area contributed by atoms with Gasteiger partial charge in [-0.1, -0.05) is 12.1 Å². The first-order chi connectivity index (χ1) is 9.28. The van der Waals surface area contributed by atoms with Crippen molar-refractivity contribution in [2.45, 2.75) is 32.9 Å². The van der Waals surface area contributed by atoms with Gasteiger partial charge >= 0.3 is 0 Å². The molecule has 106 valence electrons. The lowest BCUT2D eigenvalue weighted by atomic mass is 10.1. The highest BCUT2D eigenvalue weighted by atomic mass is 19.1. The Hall–Kier alpha value is -2.17. The highest BCUT2D eigenvalue weighted by Gasteiger charge is 2.24. The van der Waals surface area contributed by atoms with Crippen molar-refractivity contribution in [3.8, 4) is 0 Å². The van der Waals surface area contributed by atoms with Gasteiger partial charge in [0.05, 0.1) is 0 Å². The Bertz CT molecular complexity index is 695. The van der Waals surface area contributed by atoms with E-state index in [1.807, 2.05) is 20.8 Å². The molecule has 0 atom stereocenters. The third-order valence-corrected chi connectivity index (χ3v) is 2.77. The number of hydrogen-bond donors (Lipinski definition) is 2. The van der Waals surface area contributed by atoms with Crippen molar-refractivity contribution in [2.24, 2.45) is 0 Å². The van der Waals surface area contributed by atoms with Gasteiger partial charge in [-0.15, -0.1) is 0 Å². The Morgan fingerprint density at radius 2 is 1.75 bits per heavy atom. The average Bonchev–Trinajstić information content (AvgIpc) is 2.36. The van der Waals surface area contributed by atoms with E-state index in [0.717, 1.165) is 0 Å². The van der Waals surface area contributed by atoms with Crippen molar-refractivity contribution in [3.05, 3.63) is 56.1 Å². The van der Waals surface area contributed by atoms with Gasteiger partial charge in [-0.3, -0.25) is 9.59 Å². The molecule has 2 rings (SSSR count). The maximum Gasteiger partial charge on any atom is 0.253 e. The lowest BCUT2D eigenvalue weighted by molar-refractivity contribution is 0.626. The quantitative estimate of drug-likeness (QED) is 0.841. The molecular formula is C15H17FN2O2. The van der Waals surface area contributed by atoms with Crippen LogP contribution in [0.15, 0.2) is 33.9 Å². The summed E-state index contributed by atoms with van der Waals surface area (Å²) >= 11 is 0. The molecule has 0 bridgehead atoms. The van der Waals surface area contributed by atoms with E-state index in [0.29, 0.717) is 17.8 Å². The van der Waals surface area contributed by atoms with Gasteiger partial charge in [0.25, 0.3) is 10.9 Å². The van der Waals surface area contributed by atoms with Crippen LogP contribution in [0, 0.1) is 5.82 Å². The average molecular weight is 276 g/mol. The van der Waals surface area contributed by atoms with E-state index in [1.165, 1.54) is 12.1 Å². The van der Waals surface area contributed by atoms with Crippen LogP contribution in [0.2, 0.25) is 0 Å². The Morgan fingerprint density at radius 3 is 2.35 bits per heavy atom. The second-order valence-corrected chi connectivity index (χ2v) is 5.77. The molecule has 20 heavy (non-hydrogen) atoms. The van der Waals surface area contributed by atoms with E-state index >= 15 is 0 Å². The summed E-state index contributed by atoms with van der Waals surface area (Å²) < 4.78 is 13.1. The Labute approximate surface area is 116 Å². The molecule has 0 aliphatic heterocycles.